The molecule has 1 aliphatic rings. The van der Waals surface area contributed by atoms with E-state index in [9.17, 15) is 4.79 Å². The SMILES string of the molecule is CCOC(=O)C1=C(C)NC(=S)N[C@@H]1c1ccc(OCC)c(Cl)c1. The highest BCUT2D eigenvalue weighted by atomic mass is 35.5. The van der Waals surface area contributed by atoms with Crippen LogP contribution in [0.1, 0.15) is 32.4 Å². The number of hydrogen-bond donors (Lipinski definition) is 2. The van der Waals surface area contributed by atoms with Crippen molar-refractivity contribution in [3.8, 4) is 5.75 Å². The van der Waals surface area contributed by atoms with Gasteiger partial charge in [-0.25, -0.2) is 4.79 Å². The lowest BCUT2D eigenvalue weighted by Crippen LogP contribution is -2.45. The zero-order chi connectivity index (χ0) is 17.0. The van der Waals surface area contributed by atoms with Gasteiger partial charge in [-0.1, -0.05) is 17.7 Å². The van der Waals surface area contributed by atoms with E-state index in [0.29, 0.717) is 40.4 Å². The fourth-order valence-electron chi connectivity index (χ4n) is 2.39. The van der Waals surface area contributed by atoms with Crippen molar-refractivity contribution in [2.75, 3.05) is 13.2 Å². The molecule has 0 aliphatic carbocycles. The van der Waals surface area contributed by atoms with Crippen LogP contribution >= 0.6 is 23.8 Å². The van der Waals surface area contributed by atoms with Gasteiger partial charge >= 0.3 is 5.97 Å². The van der Waals surface area contributed by atoms with E-state index in [1.54, 1.807) is 26.0 Å². The molecule has 5 nitrogen and oxygen atoms in total. The second kappa shape index (κ2) is 7.66. The molecule has 2 rings (SSSR count). The van der Waals surface area contributed by atoms with Gasteiger partial charge in [-0.2, -0.15) is 0 Å². The van der Waals surface area contributed by atoms with Gasteiger partial charge < -0.3 is 20.1 Å². The second-order valence-electron chi connectivity index (χ2n) is 4.91. The molecule has 1 aliphatic heterocycles. The Morgan fingerprint density at radius 2 is 2.09 bits per heavy atom. The Labute approximate surface area is 146 Å². The minimum atomic E-state index is -0.420. The molecular weight excluding hydrogens is 336 g/mol. The Morgan fingerprint density at radius 1 is 1.35 bits per heavy atom. The van der Waals surface area contributed by atoms with Crippen molar-refractivity contribution in [3.63, 3.8) is 0 Å². The van der Waals surface area contributed by atoms with Crippen LogP contribution in [0, 0.1) is 0 Å². The monoisotopic (exact) mass is 354 g/mol. The summed E-state index contributed by atoms with van der Waals surface area (Å²) < 4.78 is 10.6. The van der Waals surface area contributed by atoms with Gasteiger partial charge in [-0.05, 0) is 50.7 Å². The molecule has 0 saturated carbocycles. The van der Waals surface area contributed by atoms with Gasteiger partial charge in [-0.15, -0.1) is 0 Å². The van der Waals surface area contributed by atoms with Crippen molar-refractivity contribution >= 4 is 34.9 Å². The molecule has 0 radical (unpaired) electrons. The van der Waals surface area contributed by atoms with Gasteiger partial charge in [0.05, 0.1) is 29.9 Å². The van der Waals surface area contributed by atoms with Crippen LogP contribution in [0.3, 0.4) is 0 Å². The number of nitrogens with one attached hydrogen (secondary N) is 2. The number of esters is 1. The molecule has 1 atom stereocenters. The van der Waals surface area contributed by atoms with Crippen molar-refractivity contribution in [2.24, 2.45) is 0 Å². The number of carbonyl (C=O) groups is 1. The Morgan fingerprint density at radius 3 is 2.70 bits per heavy atom. The van der Waals surface area contributed by atoms with Crippen LogP contribution in [0.15, 0.2) is 29.5 Å². The number of ether oxygens (including phenoxy) is 2. The molecule has 0 saturated heterocycles. The molecule has 23 heavy (non-hydrogen) atoms. The average molecular weight is 355 g/mol. The number of thiocarbonyl (C=S) groups is 1. The second-order valence-corrected chi connectivity index (χ2v) is 5.73. The third kappa shape index (κ3) is 3.95. The fraction of sp³-hybridized carbons (Fsp3) is 0.375. The largest absolute Gasteiger partial charge is 0.492 e. The highest BCUT2D eigenvalue weighted by molar-refractivity contribution is 7.80. The maximum Gasteiger partial charge on any atom is 0.338 e. The van der Waals surface area contributed by atoms with Gasteiger partial charge in [0.15, 0.2) is 5.11 Å². The Kier molecular flexibility index (Phi) is 5.85. The normalized spacial score (nSPS) is 17.4. The number of allylic oxidation sites excluding steroid dienone is 1. The molecule has 0 bridgehead atoms. The van der Waals surface area contributed by atoms with E-state index in [-0.39, 0.29) is 5.97 Å². The quantitative estimate of drug-likeness (QED) is 0.626. The number of hydrogen-bond acceptors (Lipinski definition) is 4. The number of halogens is 1. The first-order valence-corrected chi connectivity index (χ1v) is 8.14. The summed E-state index contributed by atoms with van der Waals surface area (Å²) in [5.74, 6) is 0.218. The summed E-state index contributed by atoms with van der Waals surface area (Å²) in [5, 5.41) is 6.98. The first kappa shape index (κ1) is 17.6. The molecule has 0 amide bonds. The highest BCUT2D eigenvalue weighted by Crippen LogP contribution is 2.33. The van der Waals surface area contributed by atoms with Crippen LogP contribution in [0.5, 0.6) is 5.75 Å². The number of carbonyl (C=O) groups excluding carboxylic acids is 1. The lowest BCUT2D eigenvalue weighted by molar-refractivity contribution is -0.139. The summed E-state index contributed by atoms with van der Waals surface area (Å²) in [4.78, 5) is 12.3. The minimum absolute atomic E-state index is 0.302. The van der Waals surface area contributed by atoms with Crippen molar-refractivity contribution in [1.29, 1.82) is 0 Å². The van der Waals surface area contributed by atoms with Gasteiger partial charge in [0.25, 0.3) is 0 Å². The average Bonchev–Trinajstić information content (AvgIpc) is 2.48. The molecular formula is C16H19ClN2O3S. The molecule has 0 fully saturated rings. The Bertz CT molecular complexity index is 661. The van der Waals surface area contributed by atoms with Gasteiger partial charge in [-0.3, -0.25) is 0 Å². The highest BCUT2D eigenvalue weighted by Gasteiger charge is 2.31. The van der Waals surface area contributed by atoms with E-state index >= 15 is 0 Å². The van der Waals surface area contributed by atoms with Crippen LogP contribution in [0.4, 0.5) is 0 Å². The van der Waals surface area contributed by atoms with Crippen molar-refractivity contribution < 1.29 is 14.3 Å². The summed E-state index contributed by atoms with van der Waals surface area (Å²) in [6, 6.07) is 4.99. The molecule has 7 heteroatoms. The summed E-state index contributed by atoms with van der Waals surface area (Å²) in [6.07, 6.45) is 0. The van der Waals surface area contributed by atoms with Crippen LogP contribution in [0.25, 0.3) is 0 Å². The van der Waals surface area contributed by atoms with Crippen LogP contribution in [0.2, 0.25) is 5.02 Å². The molecule has 0 aromatic heterocycles. The summed E-state index contributed by atoms with van der Waals surface area (Å²) in [6.45, 7) is 6.29. The lowest BCUT2D eigenvalue weighted by Gasteiger charge is -2.30. The van der Waals surface area contributed by atoms with E-state index in [4.69, 9.17) is 33.3 Å². The van der Waals surface area contributed by atoms with E-state index in [2.05, 4.69) is 10.6 Å². The van der Waals surface area contributed by atoms with E-state index in [1.807, 2.05) is 13.0 Å². The minimum Gasteiger partial charge on any atom is -0.492 e. The van der Waals surface area contributed by atoms with Gasteiger partial charge in [0, 0.05) is 5.70 Å². The van der Waals surface area contributed by atoms with E-state index < -0.39 is 6.04 Å². The Hall–Kier alpha value is -1.79. The van der Waals surface area contributed by atoms with Crippen molar-refractivity contribution in [3.05, 3.63) is 40.1 Å². The standard InChI is InChI=1S/C16H19ClN2O3S/c1-4-21-12-7-6-10(8-11(12)17)14-13(15(20)22-5-2)9(3)18-16(23)19-14/h6-8,14H,4-5H2,1-3H3,(H2,18,19,23)/t14-/m1/s1. The smallest absolute Gasteiger partial charge is 0.338 e. The molecule has 1 aromatic rings. The lowest BCUT2D eigenvalue weighted by atomic mass is 9.95. The summed E-state index contributed by atoms with van der Waals surface area (Å²) >= 11 is 11.5. The summed E-state index contributed by atoms with van der Waals surface area (Å²) in [5.41, 5.74) is 1.97. The third-order valence-corrected chi connectivity index (χ3v) is 3.87. The zero-order valence-electron chi connectivity index (χ0n) is 13.2. The van der Waals surface area contributed by atoms with E-state index in [0.717, 1.165) is 5.56 Å². The van der Waals surface area contributed by atoms with Gasteiger partial charge in [0.2, 0.25) is 0 Å². The summed E-state index contributed by atoms with van der Waals surface area (Å²) in [7, 11) is 0. The number of rotatable bonds is 5. The Balaban J connectivity index is 2.42. The molecule has 0 spiro atoms. The van der Waals surface area contributed by atoms with E-state index in [1.165, 1.54) is 0 Å². The topological polar surface area (TPSA) is 59.6 Å². The first-order chi connectivity index (χ1) is 11.0. The molecule has 1 aromatic carbocycles. The van der Waals surface area contributed by atoms with Crippen molar-refractivity contribution in [1.82, 2.24) is 10.6 Å². The predicted molar refractivity (Wildman–Crippen MR) is 93.6 cm³/mol. The van der Waals surface area contributed by atoms with Crippen molar-refractivity contribution in [2.45, 2.75) is 26.8 Å². The zero-order valence-corrected chi connectivity index (χ0v) is 14.8. The first-order valence-electron chi connectivity index (χ1n) is 7.35. The van der Waals surface area contributed by atoms with Gasteiger partial charge in [0.1, 0.15) is 5.75 Å². The molecule has 2 N–H and O–H groups in total. The third-order valence-electron chi connectivity index (χ3n) is 3.35. The maximum absolute atomic E-state index is 12.3. The van der Waals surface area contributed by atoms with Crippen LogP contribution < -0.4 is 15.4 Å². The van der Waals surface area contributed by atoms with Crippen LogP contribution in [-0.2, 0) is 9.53 Å². The molecule has 1 heterocycles. The van der Waals surface area contributed by atoms with Crippen LogP contribution in [-0.4, -0.2) is 24.3 Å². The maximum atomic E-state index is 12.3. The molecule has 124 valence electrons. The molecule has 0 unspecified atom stereocenters. The predicted octanol–water partition coefficient (Wildman–Crippen LogP) is 3.09. The fourth-order valence-corrected chi connectivity index (χ4v) is 2.91. The number of benzene rings is 1.